The van der Waals surface area contributed by atoms with Crippen LogP contribution in [0.5, 0.6) is 0 Å². The molecule has 0 spiro atoms. The average Bonchev–Trinajstić information content (AvgIpc) is 2.22. The minimum absolute atomic E-state index is 0.00346. The molecule has 90 valence electrons. The van der Waals surface area contributed by atoms with Gasteiger partial charge in [0.2, 0.25) is 0 Å². The molecule has 2 unspecified atom stereocenters. The van der Waals surface area contributed by atoms with E-state index in [4.69, 9.17) is 23.2 Å². The van der Waals surface area contributed by atoms with E-state index in [1.807, 2.05) is 13.8 Å². The fraction of sp³-hybridized carbons (Fsp3) is 0.500. The minimum atomic E-state index is -0.850. The zero-order chi connectivity index (χ0) is 12.3. The van der Waals surface area contributed by atoms with Gasteiger partial charge in [0.25, 0.3) is 0 Å². The second-order valence-corrected chi connectivity index (χ2v) is 5.02. The third-order valence-corrected chi connectivity index (χ3v) is 3.26. The van der Waals surface area contributed by atoms with Crippen molar-refractivity contribution in [1.82, 2.24) is 0 Å². The Bertz CT molecular complexity index is 333. The molecule has 0 amide bonds. The number of halogens is 2. The topological polar surface area (TPSA) is 40.5 Å². The van der Waals surface area contributed by atoms with Gasteiger partial charge in [-0.25, -0.2) is 0 Å². The molecule has 1 aromatic carbocycles. The van der Waals surface area contributed by atoms with Gasteiger partial charge in [-0.2, -0.15) is 0 Å². The van der Waals surface area contributed by atoms with E-state index >= 15 is 0 Å². The normalized spacial score (nSPS) is 15.2. The molecule has 0 saturated carbocycles. The first kappa shape index (κ1) is 13.8. The van der Waals surface area contributed by atoms with E-state index in [1.165, 1.54) is 0 Å². The predicted octanol–water partition coefficient (Wildman–Crippen LogP) is 2.91. The van der Waals surface area contributed by atoms with Crippen molar-refractivity contribution in [2.75, 3.05) is 0 Å². The van der Waals surface area contributed by atoms with Gasteiger partial charge in [0.1, 0.15) is 0 Å². The van der Waals surface area contributed by atoms with Gasteiger partial charge in [0, 0.05) is 16.5 Å². The van der Waals surface area contributed by atoms with Crippen LogP contribution in [0.1, 0.15) is 19.4 Å². The molecule has 0 aliphatic heterocycles. The van der Waals surface area contributed by atoms with Gasteiger partial charge in [0.05, 0.1) is 12.2 Å². The van der Waals surface area contributed by atoms with Crippen molar-refractivity contribution < 1.29 is 10.2 Å². The van der Waals surface area contributed by atoms with Gasteiger partial charge in [-0.1, -0.05) is 43.1 Å². The van der Waals surface area contributed by atoms with E-state index in [9.17, 15) is 10.2 Å². The molecule has 16 heavy (non-hydrogen) atoms. The second-order valence-electron chi connectivity index (χ2n) is 4.21. The molecule has 0 radical (unpaired) electrons. The average molecular weight is 263 g/mol. The van der Waals surface area contributed by atoms with Crippen molar-refractivity contribution in [3.05, 3.63) is 33.8 Å². The van der Waals surface area contributed by atoms with Crippen LogP contribution in [-0.4, -0.2) is 22.4 Å². The first-order chi connectivity index (χ1) is 7.43. The highest BCUT2D eigenvalue weighted by molar-refractivity contribution is 6.35. The fourth-order valence-corrected chi connectivity index (χ4v) is 2.05. The van der Waals surface area contributed by atoms with Gasteiger partial charge >= 0.3 is 0 Å². The predicted molar refractivity (Wildman–Crippen MR) is 67.0 cm³/mol. The Morgan fingerprint density at radius 3 is 2.06 bits per heavy atom. The van der Waals surface area contributed by atoms with Crippen LogP contribution in [0.2, 0.25) is 10.0 Å². The van der Waals surface area contributed by atoms with E-state index in [1.54, 1.807) is 18.2 Å². The molecule has 0 aromatic heterocycles. The summed E-state index contributed by atoms with van der Waals surface area (Å²) in [5.41, 5.74) is 0.679. The smallest absolute Gasteiger partial charge is 0.0842 e. The number of rotatable bonds is 4. The zero-order valence-electron chi connectivity index (χ0n) is 9.32. The molecule has 1 rings (SSSR count). The van der Waals surface area contributed by atoms with Crippen LogP contribution in [0, 0.1) is 5.92 Å². The Morgan fingerprint density at radius 2 is 1.62 bits per heavy atom. The number of hydrogen-bond acceptors (Lipinski definition) is 2. The molecule has 4 heteroatoms. The Labute approximate surface area is 106 Å². The van der Waals surface area contributed by atoms with Crippen molar-refractivity contribution in [3.63, 3.8) is 0 Å². The summed E-state index contributed by atoms with van der Waals surface area (Å²) >= 11 is 12.0. The van der Waals surface area contributed by atoms with E-state index in [0.29, 0.717) is 15.6 Å². The lowest BCUT2D eigenvalue weighted by atomic mass is 9.96. The van der Waals surface area contributed by atoms with E-state index in [2.05, 4.69) is 0 Å². The highest BCUT2D eigenvalue weighted by Crippen LogP contribution is 2.26. The van der Waals surface area contributed by atoms with Crippen molar-refractivity contribution in [3.8, 4) is 0 Å². The summed E-state index contributed by atoms with van der Waals surface area (Å²) in [4.78, 5) is 0. The maximum absolute atomic E-state index is 9.82. The summed E-state index contributed by atoms with van der Waals surface area (Å²) in [7, 11) is 0. The zero-order valence-corrected chi connectivity index (χ0v) is 10.8. The molecule has 0 aliphatic carbocycles. The van der Waals surface area contributed by atoms with Gasteiger partial charge in [-0.05, 0) is 23.6 Å². The molecule has 0 aliphatic rings. The summed E-state index contributed by atoms with van der Waals surface area (Å²) in [6.45, 7) is 3.70. The van der Waals surface area contributed by atoms with Crippen LogP contribution in [0.15, 0.2) is 18.2 Å². The maximum atomic E-state index is 9.82. The van der Waals surface area contributed by atoms with Gasteiger partial charge < -0.3 is 10.2 Å². The van der Waals surface area contributed by atoms with Gasteiger partial charge in [-0.15, -0.1) is 0 Å². The fourth-order valence-electron chi connectivity index (χ4n) is 1.50. The second kappa shape index (κ2) is 5.87. The molecule has 2 atom stereocenters. The lowest BCUT2D eigenvalue weighted by Crippen LogP contribution is -2.32. The van der Waals surface area contributed by atoms with Crippen molar-refractivity contribution in [1.29, 1.82) is 0 Å². The highest BCUT2D eigenvalue weighted by Gasteiger charge is 2.21. The summed E-state index contributed by atoms with van der Waals surface area (Å²) in [6.07, 6.45) is -1.36. The Hall–Kier alpha value is -0.280. The largest absolute Gasteiger partial charge is 0.390 e. The van der Waals surface area contributed by atoms with E-state index < -0.39 is 12.2 Å². The van der Waals surface area contributed by atoms with Crippen LogP contribution < -0.4 is 0 Å². The molecule has 0 saturated heterocycles. The Balaban J connectivity index is 2.80. The molecule has 1 aromatic rings. The van der Waals surface area contributed by atoms with Crippen LogP contribution in [0.3, 0.4) is 0 Å². The van der Waals surface area contributed by atoms with E-state index in [-0.39, 0.29) is 12.3 Å². The SMILES string of the molecule is CC(C)C(O)C(O)Cc1c(Cl)cccc1Cl. The maximum Gasteiger partial charge on any atom is 0.0842 e. The van der Waals surface area contributed by atoms with Crippen molar-refractivity contribution in [2.45, 2.75) is 32.5 Å². The molecular weight excluding hydrogens is 247 g/mol. The first-order valence-corrected chi connectivity index (χ1v) is 5.98. The minimum Gasteiger partial charge on any atom is -0.390 e. The Morgan fingerprint density at radius 1 is 1.12 bits per heavy atom. The van der Waals surface area contributed by atoms with E-state index in [0.717, 1.165) is 0 Å². The molecule has 2 N–H and O–H groups in total. The quantitative estimate of drug-likeness (QED) is 0.876. The number of aliphatic hydroxyl groups excluding tert-OH is 2. The van der Waals surface area contributed by atoms with Crippen LogP contribution in [-0.2, 0) is 6.42 Å². The molecule has 0 fully saturated rings. The van der Waals surface area contributed by atoms with Crippen LogP contribution in [0.25, 0.3) is 0 Å². The molecular formula is C12H16Cl2O2. The number of benzene rings is 1. The number of aliphatic hydroxyl groups is 2. The number of hydrogen-bond donors (Lipinski definition) is 2. The lowest BCUT2D eigenvalue weighted by Gasteiger charge is -2.21. The summed E-state index contributed by atoms with van der Waals surface area (Å²) in [6, 6.07) is 5.19. The van der Waals surface area contributed by atoms with Crippen LogP contribution in [0.4, 0.5) is 0 Å². The summed E-state index contributed by atoms with van der Waals surface area (Å²) in [5.74, 6) is -0.00346. The third-order valence-electron chi connectivity index (χ3n) is 2.55. The Kier molecular flexibility index (Phi) is 5.06. The molecule has 0 heterocycles. The lowest BCUT2D eigenvalue weighted by molar-refractivity contribution is -0.00729. The molecule has 0 bridgehead atoms. The third kappa shape index (κ3) is 3.36. The standard InChI is InChI=1S/C12H16Cl2O2/c1-7(2)12(16)11(15)6-8-9(13)4-3-5-10(8)14/h3-5,7,11-12,15-16H,6H2,1-2H3. The van der Waals surface area contributed by atoms with Gasteiger partial charge in [-0.3, -0.25) is 0 Å². The van der Waals surface area contributed by atoms with Crippen LogP contribution >= 0.6 is 23.2 Å². The van der Waals surface area contributed by atoms with Crippen molar-refractivity contribution in [2.24, 2.45) is 5.92 Å². The highest BCUT2D eigenvalue weighted by atomic mass is 35.5. The van der Waals surface area contributed by atoms with Crippen molar-refractivity contribution >= 4 is 23.2 Å². The first-order valence-electron chi connectivity index (χ1n) is 5.22. The van der Waals surface area contributed by atoms with Gasteiger partial charge in [0.15, 0.2) is 0 Å². The summed E-state index contributed by atoms with van der Waals surface area (Å²) < 4.78 is 0. The summed E-state index contributed by atoms with van der Waals surface area (Å²) in [5, 5.41) is 20.6. The molecule has 2 nitrogen and oxygen atoms in total. The monoisotopic (exact) mass is 262 g/mol.